The molecule has 8 rings (SSSR count). The van der Waals surface area contributed by atoms with Crippen LogP contribution in [0.15, 0.2) is 96.7 Å². The molecular weight excluding hydrogens is 739 g/mol. The van der Waals surface area contributed by atoms with E-state index in [9.17, 15) is 32.7 Å². The van der Waals surface area contributed by atoms with Crippen LogP contribution in [0.4, 0.5) is 29.1 Å². The van der Waals surface area contributed by atoms with E-state index in [4.69, 9.17) is 23.2 Å². The van der Waals surface area contributed by atoms with E-state index in [-0.39, 0.29) is 18.4 Å². The minimum absolute atomic E-state index is 0.106. The molecule has 15 heteroatoms. The van der Waals surface area contributed by atoms with Crippen LogP contribution in [-0.4, -0.2) is 38.7 Å². The lowest BCUT2D eigenvalue weighted by atomic mass is 9.49. The van der Waals surface area contributed by atoms with E-state index in [1.807, 2.05) is 0 Å². The number of rotatable bonds is 5. The first-order chi connectivity index (χ1) is 25.2. The number of aromatic hydroxyl groups is 1. The van der Waals surface area contributed by atoms with Gasteiger partial charge >= 0.3 is 6.18 Å². The number of hydrogen-bond acceptors (Lipinski definition) is 7. The Bertz CT molecular complexity index is 2250. The number of fused-ring (bicyclic) bond motifs is 4. The summed E-state index contributed by atoms with van der Waals surface area (Å²) in [5, 5.41) is 10.6. The molecule has 3 aromatic carbocycles. The Balaban J connectivity index is 1.31. The molecule has 0 radical (unpaired) electrons. The van der Waals surface area contributed by atoms with Crippen molar-refractivity contribution in [3.63, 3.8) is 0 Å². The number of allylic oxidation sites excluding steroid dienone is 2. The van der Waals surface area contributed by atoms with Crippen LogP contribution in [0.2, 0.25) is 10.0 Å². The summed E-state index contributed by atoms with van der Waals surface area (Å²) in [5.74, 6) is -9.56. The Morgan fingerprint density at radius 3 is 2.26 bits per heavy atom. The number of phenolic OH excluding ortho intramolecular Hbond substituents is 1. The number of pyridine rings is 1. The highest BCUT2D eigenvalue weighted by Gasteiger charge is 2.70. The molecule has 3 fully saturated rings. The van der Waals surface area contributed by atoms with Gasteiger partial charge in [-0.15, -0.1) is 0 Å². The van der Waals surface area contributed by atoms with Gasteiger partial charge in [-0.05, 0) is 72.4 Å². The van der Waals surface area contributed by atoms with Crippen molar-refractivity contribution in [2.45, 2.75) is 30.4 Å². The monoisotopic (exact) mass is 764 g/mol. The van der Waals surface area contributed by atoms with Crippen molar-refractivity contribution in [2.24, 2.45) is 23.7 Å². The average Bonchev–Trinajstić information content (AvgIpc) is 3.51. The first-order valence-electron chi connectivity index (χ1n) is 16.5. The fraction of sp³-hybridized carbons (Fsp3) is 0.237. The van der Waals surface area contributed by atoms with Crippen LogP contribution >= 0.6 is 23.2 Å². The Hall–Kier alpha value is -5.27. The molecule has 4 amide bonds. The predicted molar refractivity (Wildman–Crippen MR) is 184 cm³/mol. The Labute approximate surface area is 308 Å². The normalized spacial score (nSPS) is 26.7. The maximum absolute atomic E-state index is 15.3. The number of benzene rings is 3. The van der Waals surface area contributed by atoms with Crippen molar-refractivity contribution < 1.29 is 41.8 Å². The number of anilines is 2. The first kappa shape index (κ1) is 34.8. The maximum atomic E-state index is 15.3. The molecule has 53 heavy (non-hydrogen) atoms. The predicted octanol–water partition coefficient (Wildman–Crippen LogP) is 7.44. The van der Waals surface area contributed by atoms with Gasteiger partial charge in [0.2, 0.25) is 11.8 Å². The minimum Gasteiger partial charge on any atom is -0.505 e. The van der Waals surface area contributed by atoms with Crippen LogP contribution in [0.3, 0.4) is 0 Å². The molecule has 3 heterocycles. The third kappa shape index (κ3) is 5.23. The van der Waals surface area contributed by atoms with Crippen LogP contribution in [0.1, 0.15) is 35.4 Å². The number of para-hydroxylation sites is 1. The Kier molecular flexibility index (Phi) is 8.15. The summed E-state index contributed by atoms with van der Waals surface area (Å²) in [5.41, 5.74) is 0.946. The lowest BCUT2D eigenvalue weighted by molar-refractivity contribution is -0.139. The maximum Gasteiger partial charge on any atom is 0.417 e. The van der Waals surface area contributed by atoms with Crippen molar-refractivity contribution in [1.82, 2.24) is 9.99 Å². The molecule has 1 saturated carbocycles. The lowest BCUT2D eigenvalue weighted by Gasteiger charge is -2.50. The molecule has 4 aromatic rings. The van der Waals surface area contributed by atoms with Crippen LogP contribution in [0.25, 0.3) is 0 Å². The average molecular weight is 766 g/mol. The summed E-state index contributed by atoms with van der Waals surface area (Å²) in [6.45, 7) is 0. The van der Waals surface area contributed by atoms with Crippen LogP contribution in [-0.2, 0) is 30.8 Å². The third-order valence-corrected chi connectivity index (χ3v) is 11.4. The second-order valence-electron chi connectivity index (χ2n) is 13.5. The van der Waals surface area contributed by atoms with E-state index in [0.717, 1.165) is 17.0 Å². The number of imide groups is 2. The number of carbonyl (C=O) groups excluding carboxylic acids is 4. The highest BCUT2D eigenvalue weighted by atomic mass is 35.5. The zero-order valence-corrected chi connectivity index (χ0v) is 28.7. The SMILES string of the molecule is O=C1[C@@H]2C[C@@H]3C(=CC[C@@H]4C(=O)N(c5ccccc5)C(=O)[C@@H]43)[C@H](c3ccc(O)c(F)c3)[C@]2(c2ccc(Cl)cc2)C(=O)N1Nc1ncc(C(F)(F)F)cc1Cl. The molecule has 2 saturated heterocycles. The molecule has 0 bridgehead atoms. The number of amides is 4. The van der Waals surface area contributed by atoms with Gasteiger partial charge in [0, 0.05) is 17.1 Å². The number of alkyl halides is 3. The van der Waals surface area contributed by atoms with E-state index in [2.05, 4.69) is 10.4 Å². The van der Waals surface area contributed by atoms with E-state index >= 15 is 9.18 Å². The number of nitrogens with one attached hydrogen (secondary N) is 1. The van der Waals surface area contributed by atoms with Gasteiger partial charge in [-0.2, -0.15) is 18.2 Å². The summed E-state index contributed by atoms with van der Waals surface area (Å²) < 4.78 is 55.5. The zero-order valence-electron chi connectivity index (χ0n) is 27.2. The molecule has 2 aliphatic carbocycles. The van der Waals surface area contributed by atoms with Crippen LogP contribution < -0.4 is 10.3 Å². The number of nitrogens with zero attached hydrogens (tertiary/aromatic N) is 3. The van der Waals surface area contributed by atoms with Crippen molar-refractivity contribution >= 4 is 58.3 Å². The summed E-state index contributed by atoms with van der Waals surface area (Å²) in [4.78, 5) is 62.9. The molecule has 270 valence electrons. The topological polar surface area (TPSA) is 120 Å². The highest BCUT2D eigenvalue weighted by Crippen LogP contribution is 2.64. The summed E-state index contributed by atoms with van der Waals surface area (Å²) >= 11 is 12.5. The van der Waals surface area contributed by atoms with Crippen LogP contribution in [0, 0.1) is 29.5 Å². The Morgan fingerprint density at radius 2 is 1.60 bits per heavy atom. The van der Waals surface area contributed by atoms with Crippen molar-refractivity contribution in [3.05, 3.63) is 129 Å². The van der Waals surface area contributed by atoms with E-state index < -0.39 is 92.8 Å². The van der Waals surface area contributed by atoms with Gasteiger partial charge in [-0.25, -0.2) is 9.37 Å². The van der Waals surface area contributed by atoms with Gasteiger partial charge in [0.15, 0.2) is 17.4 Å². The number of hydrazine groups is 1. The van der Waals surface area contributed by atoms with Crippen LogP contribution in [0.5, 0.6) is 5.75 Å². The number of carbonyl (C=O) groups is 4. The smallest absolute Gasteiger partial charge is 0.417 e. The molecule has 2 N–H and O–H groups in total. The summed E-state index contributed by atoms with van der Waals surface area (Å²) in [7, 11) is 0. The van der Waals surface area contributed by atoms with Crippen molar-refractivity contribution in [1.29, 1.82) is 0 Å². The van der Waals surface area contributed by atoms with Gasteiger partial charge in [0.1, 0.15) is 0 Å². The number of hydrogen-bond donors (Lipinski definition) is 2. The molecule has 2 aliphatic heterocycles. The highest BCUT2D eigenvalue weighted by molar-refractivity contribution is 6.33. The Morgan fingerprint density at radius 1 is 0.887 bits per heavy atom. The minimum atomic E-state index is -4.77. The standard InChI is InChI=1S/C38H26Cl2F4N4O5/c39-21-9-7-19(8-10-21)37-26(34(51)48(36(37)53)46-32-27(40)15-20(17-45-32)38(42,43)44)16-25-23(31(37)18-6-13-29(49)28(41)14-18)11-12-24-30(25)35(52)47(33(24)50)22-4-2-1-3-5-22/h1-11,13-15,17,24-26,30-31,49H,12,16H2,(H,45,46)/t24-,25+,26-,30-,31-,37+/m0/s1. The fourth-order valence-corrected chi connectivity index (χ4v) is 9.03. The van der Waals surface area contributed by atoms with Crippen molar-refractivity contribution in [3.8, 4) is 5.75 Å². The second kappa shape index (κ2) is 12.4. The number of phenols is 1. The quantitative estimate of drug-likeness (QED) is 0.123. The molecule has 4 aliphatic rings. The lowest BCUT2D eigenvalue weighted by Crippen LogP contribution is -2.53. The van der Waals surface area contributed by atoms with Crippen molar-refractivity contribution in [2.75, 3.05) is 10.3 Å². The second-order valence-corrected chi connectivity index (χ2v) is 14.3. The van der Waals surface area contributed by atoms with E-state index in [0.29, 0.717) is 39.1 Å². The van der Waals surface area contributed by atoms with Gasteiger partial charge in [0.05, 0.1) is 39.4 Å². The third-order valence-electron chi connectivity index (χ3n) is 10.9. The zero-order chi connectivity index (χ0) is 37.6. The van der Waals surface area contributed by atoms with Gasteiger partial charge in [-0.1, -0.05) is 71.2 Å². The molecule has 1 aromatic heterocycles. The van der Waals surface area contributed by atoms with E-state index in [1.54, 1.807) is 48.5 Å². The van der Waals surface area contributed by atoms with Gasteiger partial charge in [0.25, 0.3) is 11.8 Å². The fourth-order valence-electron chi connectivity index (χ4n) is 8.69. The molecule has 6 atom stereocenters. The molecular formula is C38H26Cl2F4N4O5. The number of halogens is 6. The summed E-state index contributed by atoms with van der Waals surface area (Å²) in [6, 6.07) is 18.8. The first-order valence-corrected chi connectivity index (χ1v) is 17.2. The van der Waals surface area contributed by atoms with Gasteiger partial charge < -0.3 is 5.11 Å². The van der Waals surface area contributed by atoms with E-state index in [1.165, 1.54) is 18.2 Å². The number of aromatic nitrogens is 1. The molecule has 0 unspecified atom stereocenters. The van der Waals surface area contributed by atoms with Gasteiger partial charge in [-0.3, -0.25) is 29.5 Å². The largest absolute Gasteiger partial charge is 0.505 e. The summed E-state index contributed by atoms with van der Waals surface area (Å²) in [6.07, 6.45) is -2.49. The molecule has 9 nitrogen and oxygen atoms in total. The molecule has 0 spiro atoms.